The number of aryl methyl sites for hydroxylation is 1. The third kappa shape index (κ3) is 2.41. The van der Waals surface area contributed by atoms with E-state index >= 15 is 0 Å². The normalized spacial score (nSPS) is 19.0. The lowest BCUT2D eigenvalue weighted by Crippen LogP contribution is -3.14. The maximum absolute atomic E-state index is 9.29. The van der Waals surface area contributed by atoms with Crippen molar-refractivity contribution >= 4 is 0 Å². The summed E-state index contributed by atoms with van der Waals surface area (Å²) in [5.41, 5.74) is 2.35. The Morgan fingerprint density at radius 1 is 1.25 bits per heavy atom. The summed E-state index contributed by atoms with van der Waals surface area (Å²) in [6.07, 6.45) is 0. The van der Waals surface area contributed by atoms with Crippen LogP contribution in [0, 0.1) is 18.3 Å². The van der Waals surface area contributed by atoms with E-state index in [9.17, 15) is 5.26 Å². The van der Waals surface area contributed by atoms with Crippen molar-refractivity contribution in [3.63, 3.8) is 0 Å². The molecule has 1 heterocycles. The summed E-state index contributed by atoms with van der Waals surface area (Å²) in [5, 5.41) is 9.29. The van der Waals surface area contributed by atoms with Crippen LogP contribution >= 0.6 is 0 Å². The van der Waals surface area contributed by atoms with E-state index in [0.717, 1.165) is 31.9 Å². The minimum atomic E-state index is -0.0514. The molecule has 3 heteroatoms. The molecule has 1 N–H and O–H groups in total. The Hall–Kier alpha value is -1.37. The van der Waals surface area contributed by atoms with E-state index in [4.69, 9.17) is 4.74 Å². The van der Waals surface area contributed by atoms with E-state index in [1.807, 2.05) is 0 Å². The van der Waals surface area contributed by atoms with Gasteiger partial charge in [0.25, 0.3) is 0 Å². The summed E-state index contributed by atoms with van der Waals surface area (Å²) in [7, 11) is 0. The fraction of sp³-hybridized carbons (Fsp3) is 0.462. The topological polar surface area (TPSA) is 37.5 Å². The molecule has 1 fully saturated rings. The third-order valence-electron chi connectivity index (χ3n) is 3.08. The zero-order valence-corrected chi connectivity index (χ0v) is 9.57. The number of nitrogens with zero attached hydrogens (tertiary/aromatic N) is 1. The molecule has 1 aromatic carbocycles. The summed E-state index contributed by atoms with van der Waals surface area (Å²) in [5.74, 6) is 0. The van der Waals surface area contributed by atoms with Crippen molar-refractivity contribution in [2.24, 2.45) is 0 Å². The molecule has 1 aliphatic heterocycles. The van der Waals surface area contributed by atoms with Gasteiger partial charge >= 0.3 is 0 Å². The van der Waals surface area contributed by atoms with Gasteiger partial charge in [-0.1, -0.05) is 29.8 Å². The van der Waals surface area contributed by atoms with Gasteiger partial charge in [0.1, 0.15) is 19.2 Å². The highest BCUT2D eigenvalue weighted by Crippen LogP contribution is 2.10. The van der Waals surface area contributed by atoms with Crippen molar-refractivity contribution in [1.29, 1.82) is 5.26 Å². The van der Waals surface area contributed by atoms with Crippen LogP contribution in [0.25, 0.3) is 0 Å². The second-order valence-corrected chi connectivity index (χ2v) is 4.24. The Balaban J connectivity index is 2.15. The highest BCUT2D eigenvalue weighted by Gasteiger charge is 2.25. The molecule has 0 radical (unpaired) electrons. The molecule has 0 amide bonds. The molecular weight excluding hydrogens is 200 g/mol. The van der Waals surface area contributed by atoms with Crippen molar-refractivity contribution < 1.29 is 9.64 Å². The van der Waals surface area contributed by atoms with Gasteiger partial charge in [-0.05, 0) is 6.92 Å². The monoisotopic (exact) mass is 217 g/mol. The van der Waals surface area contributed by atoms with Crippen molar-refractivity contribution in [3.05, 3.63) is 35.4 Å². The summed E-state index contributed by atoms with van der Waals surface area (Å²) in [6.45, 7) is 5.43. The number of nitrogens with one attached hydrogen (secondary N) is 1. The number of hydrogen-bond donors (Lipinski definition) is 1. The van der Waals surface area contributed by atoms with Crippen molar-refractivity contribution in [1.82, 2.24) is 0 Å². The van der Waals surface area contributed by atoms with Gasteiger partial charge in [-0.2, -0.15) is 5.26 Å². The van der Waals surface area contributed by atoms with Gasteiger partial charge in [-0.25, -0.2) is 0 Å². The molecule has 0 aliphatic carbocycles. The molecule has 0 bridgehead atoms. The van der Waals surface area contributed by atoms with Gasteiger partial charge in [0.05, 0.1) is 13.2 Å². The quantitative estimate of drug-likeness (QED) is 0.782. The number of quaternary nitrogens is 1. The van der Waals surface area contributed by atoms with E-state index in [1.54, 1.807) is 0 Å². The maximum atomic E-state index is 9.29. The largest absolute Gasteiger partial charge is 0.370 e. The minimum Gasteiger partial charge on any atom is -0.370 e. The summed E-state index contributed by atoms with van der Waals surface area (Å²) in [6, 6.07) is 10.6. The molecule has 1 saturated heterocycles. The van der Waals surface area contributed by atoms with Crippen molar-refractivity contribution in [2.75, 3.05) is 26.3 Å². The van der Waals surface area contributed by atoms with Gasteiger partial charge in [-0.3, -0.25) is 0 Å². The van der Waals surface area contributed by atoms with Crippen LogP contribution in [0.2, 0.25) is 0 Å². The second kappa shape index (κ2) is 5.11. The van der Waals surface area contributed by atoms with Crippen LogP contribution in [0.15, 0.2) is 24.3 Å². The molecule has 3 nitrogen and oxygen atoms in total. The number of nitriles is 1. The molecule has 0 aromatic heterocycles. The first kappa shape index (κ1) is 11.1. The zero-order chi connectivity index (χ0) is 11.4. The molecule has 0 spiro atoms. The smallest absolute Gasteiger partial charge is 0.200 e. The fourth-order valence-electron chi connectivity index (χ4n) is 2.08. The van der Waals surface area contributed by atoms with Crippen molar-refractivity contribution in [2.45, 2.75) is 13.0 Å². The molecule has 0 saturated carbocycles. The number of ether oxygens (including phenoxy) is 1. The van der Waals surface area contributed by atoms with E-state index in [1.165, 1.54) is 10.5 Å². The first-order chi connectivity index (χ1) is 7.81. The molecule has 1 atom stereocenters. The first-order valence-electron chi connectivity index (χ1n) is 5.70. The first-order valence-corrected chi connectivity index (χ1v) is 5.70. The van der Waals surface area contributed by atoms with E-state index in [2.05, 4.69) is 37.3 Å². The predicted octanol–water partition coefficient (Wildman–Crippen LogP) is 0.475. The molecule has 1 unspecified atom stereocenters. The Morgan fingerprint density at radius 2 is 1.88 bits per heavy atom. The number of rotatable bonds is 2. The van der Waals surface area contributed by atoms with Gasteiger partial charge in [0, 0.05) is 5.56 Å². The minimum absolute atomic E-state index is 0.0514. The molecule has 1 aromatic rings. The maximum Gasteiger partial charge on any atom is 0.200 e. The van der Waals surface area contributed by atoms with Crippen LogP contribution in [-0.4, -0.2) is 26.3 Å². The second-order valence-electron chi connectivity index (χ2n) is 4.24. The van der Waals surface area contributed by atoms with Gasteiger partial charge in [-0.15, -0.1) is 0 Å². The standard InChI is InChI=1S/C13H16N2O/c1-11-2-4-12(5-3-11)13(10-14)15-6-8-16-9-7-15/h2-5,13H,6-9H2,1H3/p+1. The molecule has 84 valence electrons. The fourth-order valence-corrected chi connectivity index (χ4v) is 2.08. The highest BCUT2D eigenvalue weighted by molar-refractivity contribution is 5.25. The number of morpholine rings is 1. The van der Waals surface area contributed by atoms with Crippen LogP contribution in [-0.2, 0) is 4.74 Å². The van der Waals surface area contributed by atoms with Crippen LogP contribution in [0.1, 0.15) is 17.2 Å². The third-order valence-corrected chi connectivity index (χ3v) is 3.08. The lowest BCUT2D eigenvalue weighted by molar-refractivity contribution is -0.930. The predicted molar refractivity (Wildman–Crippen MR) is 61.0 cm³/mol. The van der Waals surface area contributed by atoms with Crippen LogP contribution in [0.3, 0.4) is 0 Å². The highest BCUT2D eigenvalue weighted by atomic mass is 16.5. The molecule has 16 heavy (non-hydrogen) atoms. The molecule has 2 rings (SSSR count). The Bertz CT molecular complexity index is 374. The SMILES string of the molecule is Cc1ccc(C(C#N)[NH+]2CCOCC2)cc1. The zero-order valence-electron chi connectivity index (χ0n) is 9.57. The summed E-state index contributed by atoms with van der Waals surface area (Å²) < 4.78 is 5.32. The molecule has 1 aliphatic rings. The van der Waals surface area contributed by atoms with Gasteiger partial charge in [0.15, 0.2) is 0 Å². The Morgan fingerprint density at radius 3 is 2.44 bits per heavy atom. The van der Waals surface area contributed by atoms with E-state index < -0.39 is 0 Å². The number of hydrogen-bond acceptors (Lipinski definition) is 2. The molecular formula is C13H17N2O+. The average Bonchev–Trinajstić information content (AvgIpc) is 2.34. The van der Waals surface area contributed by atoms with Gasteiger partial charge < -0.3 is 9.64 Å². The Labute approximate surface area is 96.2 Å². The van der Waals surface area contributed by atoms with Crippen LogP contribution in [0.4, 0.5) is 0 Å². The Kier molecular flexibility index (Phi) is 3.55. The number of benzene rings is 1. The van der Waals surface area contributed by atoms with Crippen LogP contribution in [0.5, 0.6) is 0 Å². The average molecular weight is 217 g/mol. The lowest BCUT2D eigenvalue weighted by Gasteiger charge is -2.27. The van der Waals surface area contributed by atoms with Crippen molar-refractivity contribution in [3.8, 4) is 6.07 Å². The summed E-state index contributed by atoms with van der Waals surface area (Å²) >= 11 is 0. The van der Waals surface area contributed by atoms with Gasteiger partial charge in [0.2, 0.25) is 6.04 Å². The summed E-state index contributed by atoms with van der Waals surface area (Å²) in [4.78, 5) is 1.32. The lowest BCUT2D eigenvalue weighted by atomic mass is 10.0. The van der Waals surface area contributed by atoms with E-state index in [-0.39, 0.29) is 6.04 Å². The van der Waals surface area contributed by atoms with E-state index in [0.29, 0.717) is 0 Å². The van der Waals surface area contributed by atoms with Crippen LogP contribution < -0.4 is 4.90 Å².